The number of rotatable bonds is 0. The average molecular weight is 348 g/mol. The van der Waals surface area contributed by atoms with Crippen molar-refractivity contribution >= 4 is 5.78 Å². The maximum absolute atomic E-state index is 13.2. The Bertz CT molecular complexity index is 674. The minimum Gasteiger partial charge on any atom is -0.392 e. The van der Waals surface area contributed by atoms with Gasteiger partial charge in [-0.15, -0.1) is 0 Å². The lowest BCUT2D eigenvalue weighted by Crippen LogP contribution is -2.75. The zero-order valence-corrected chi connectivity index (χ0v) is 15.0. The largest absolute Gasteiger partial charge is 0.392 e. The van der Waals surface area contributed by atoms with Crippen LogP contribution >= 0.6 is 0 Å². The highest BCUT2D eigenvalue weighted by molar-refractivity contribution is 6.04. The van der Waals surface area contributed by atoms with Crippen molar-refractivity contribution in [1.29, 1.82) is 0 Å². The lowest BCUT2D eigenvalue weighted by atomic mass is 9.37. The van der Waals surface area contributed by atoms with E-state index < -0.39 is 28.8 Å². The van der Waals surface area contributed by atoms with Gasteiger partial charge in [-0.3, -0.25) is 4.79 Å². The van der Waals surface area contributed by atoms with E-state index in [1.165, 1.54) is 0 Å². The summed E-state index contributed by atoms with van der Waals surface area (Å²) in [5.41, 5.74) is -1.39. The van der Waals surface area contributed by atoms with Crippen molar-refractivity contribution < 1.29 is 24.9 Å². The molecule has 2 aliphatic heterocycles. The minimum absolute atomic E-state index is 0.0727. The van der Waals surface area contributed by atoms with Crippen LogP contribution in [0.25, 0.3) is 0 Å². The highest BCUT2D eigenvalue weighted by atomic mass is 16.6. The van der Waals surface area contributed by atoms with Crippen LogP contribution in [0.3, 0.4) is 0 Å². The number of fused-ring (bicyclic) bond motifs is 3. The molecule has 2 unspecified atom stereocenters. The Morgan fingerprint density at radius 3 is 2.52 bits per heavy atom. The Kier molecular flexibility index (Phi) is 2.88. The molecule has 138 valence electrons. The summed E-state index contributed by atoms with van der Waals surface area (Å²) in [6.45, 7) is 8.41. The molecule has 5 nitrogen and oxygen atoms in total. The number of Topliss-reactive ketones (excluding diaryl/α,β-unsaturated/α-hetero) is 1. The molecule has 4 aliphatic carbocycles. The van der Waals surface area contributed by atoms with Gasteiger partial charge in [0, 0.05) is 23.2 Å². The van der Waals surface area contributed by atoms with Crippen LogP contribution in [-0.4, -0.2) is 45.7 Å². The molecule has 5 heteroatoms. The van der Waals surface area contributed by atoms with Gasteiger partial charge < -0.3 is 20.1 Å². The molecule has 4 saturated carbocycles. The van der Waals surface area contributed by atoms with Gasteiger partial charge in [0.25, 0.3) is 0 Å². The second-order valence-corrected chi connectivity index (χ2v) is 9.80. The van der Waals surface area contributed by atoms with Crippen molar-refractivity contribution in [3.63, 3.8) is 0 Å². The smallest absolute Gasteiger partial charge is 0.170 e. The molecule has 2 heterocycles. The second kappa shape index (κ2) is 4.38. The van der Waals surface area contributed by atoms with Crippen molar-refractivity contribution in [2.75, 3.05) is 6.61 Å². The number of carbonyl (C=O) groups is 1. The number of hydrogen-bond acceptors (Lipinski definition) is 5. The van der Waals surface area contributed by atoms with Gasteiger partial charge >= 0.3 is 0 Å². The Morgan fingerprint density at radius 1 is 1.16 bits per heavy atom. The van der Waals surface area contributed by atoms with Gasteiger partial charge in [0.15, 0.2) is 11.6 Å². The predicted molar refractivity (Wildman–Crippen MR) is 89.3 cm³/mol. The highest BCUT2D eigenvalue weighted by Gasteiger charge is 2.78. The molecular weight excluding hydrogens is 320 g/mol. The van der Waals surface area contributed by atoms with Crippen molar-refractivity contribution in [3.05, 3.63) is 12.2 Å². The van der Waals surface area contributed by atoms with Crippen LogP contribution < -0.4 is 0 Å². The normalized spacial score (nSPS) is 58.8. The minimum atomic E-state index is -1.16. The van der Waals surface area contributed by atoms with Crippen LogP contribution in [-0.2, 0) is 9.53 Å². The number of hydrogen-bond donors (Lipinski definition) is 3. The zero-order chi connectivity index (χ0) is 18.0. The molecule has 8 atom stereocenters. The van der Waals surface area contributed by atoms with Crippen LogP contribution in [0.15, 0.2) is 12.2 Å². The molecule has 6 fully saturated rings. The molecule has 0 amide bonds. The summed E-state index contributed by atoms with van der Waals surface area (Å²) in [5.74, 6) is -1.55. The Balaban J connectivity index is 1.71. The van der Waals surface area contributed by atoms with Crippen molar-refractivity contribution in [3.8, 4) is 0 Å². The molecule has 0 aromatic carbocycles. The Morgan fingerprint density at radius 2 is 1.88 bits per heavy atom. The topological polar surface area (TPSA) is 87.0 Å². The van der Waals surface area contributed by atoms with Gasteiger partial charge in [-0.25, -0.2) is 0 Å². The number of ether oxygens (including phenoxy) is 1. The fourth-order valence-electron chi connectivity index (χ4n) is 7.77. The summed E-state index contributed by atoms with van der Waals surface area (Å²) in [5, 5.41) is 33.2. The monoisotopic (exact) mass is 348 g/mol. The zero-order valence-electron chi connectivity index (χ0n) is 15.0. The maximum atomic E-state index is 13.2. The van der Waals surface area contributed by atoms with Crippen molar-refractivity contribution in [2.24, 2.45) is 34.0 Å². The van der Waals surface area contributed by atoms with E-state index in [1.807, 2.05) is 13.8 Å². The summed E-state index contributed by atoms with van der Waals surface area (Å²) < 4.78 is 5.98. The van der Waals surface area contributed by atoms with E-state index in [2.05, 4.69) is 6.58 Å². The fraction of sp³-hybridized carbons (Fsp3) is 0.850. The molecule has 0 aromatic rings. The molecule has 0 aromatic heterocycles. The molecule has 2 saturated heterocycles. The van der Waals surface area contributed by atoms with Crippen LogP contribution in [0.4, 0.5) is 0 Å². The summed E-state index contributed by atoms with van der Waals surface area (Å²) in [6, 6.07) is 0. The predicted octanol–water partition coefficient (Wildman–Crippen LogP) is 1.40. The van der Waals surface area contributed by atoms with Crippen LogP contribution in [0, 0.1) is 34.0 Å². The summed E-state index contributed by atoms with van der Waals surface area (Å²) >= 11 is 0. The van der Waals surface area contributed by atoms with Gasteiger partial charge in [0.1, 0.15) is 0 Å². The SMILES string of the molecule is C=C1C(=O)C23C(O)C[C@@H]4C(C)(C)[C@@]5(O)CC[C@@]4(CO5)[C@@H]2CC[C@@H]1[C@@H]3O. The first-order valence-corrected chi connectivity index (χ1v) is 9.59. The summed E-state index contributed by atoms with van der Waals surface area (Å²) in [7, 11) is 0. The number of carbonyl (C=O) groups excluding carboxylic acids is 1. The van der Waals surface area contributed by atoms with E-state index in [0.29, 0.717) is 25.0 Å². The van der Waals surface area contributed by atoms with E-state index in [1.54, 1.807) is 0 Å². The summed E-state index contributed by atoms with van der Waals surface area (Å²) in [4.78, 5) is 13.2. The van der Waals surface area contributed by atoms with Gasteiger partial charge in [0.05, 0.1) is 24.2 Å². The fourth-order valence-corrected chi connectivity index (χ4v) is 7.77. The van der Waals surface area contributed by atoms with E-state index in [4.69, 9.17) is 4.74 Å². The summed E-state index contributed by atoms with van der Waals surface area (Å²) in [6.07, 6.45) is 1.57. The standard InChI is InChI=1S/C20H28O5/c1-10-11-4-5-12-18-6-7-19(24,25-9-18)17(2,3)13(18)8-14(21)20(12,15(10)22)16(11)23/h11-14,16,21,23-24H,1,4-9H2,2-3H3/t11-,12-,13+,14?,16-,18+,19+,20?/m0/s1. The number of ketones is 1. The first kappa shape index (κ1) is 16.4. The highest BCUT2D eigenvalue weighted by Crippen LogP contribution is 2.74. The van der Waals surface area contributed by atoms with Crippen LogP contribution in [0.1, 0.15) is 46.0 Å². The molecule has 3 N–H and O–H groups in total. The van der Waals surface area contributed by atoms with E-state index in [-0.39, 0.29) is 29.0 Å². The first-order chi connectivity index (χ1) is 11.6. The van der Waals surface area contributed by atoms with Gasteiger partial charge in [-0.05, 0) is 43.1 Å². The second-order valence-electron chi connectivity index (χ2n) is 9.80. The third kappa shape index (κ3) is 1.44. The molecule has 4 bridgehead atoms. The molecule has 0 radical (unpaired) electrons. The van der Waals surface area contributed by atoms with Crippen LogP contribution in [0.2, 0.25) is 0 Å². The van der Waals surface area contributed by atoms with E-state index >= 15 is 0 Å². The molecule has 2 spiro atoms. The van der Waals surface area contributed by atoms with Gasteiger partial charge in [0.2, 0.25) is 0 Å². The van der Waals surface area contributed by atoms with E-state index in [9.17, 15) is 20.1 Å². The lowest BCUT2D eigenvalue weighted by Gasteiger charge is -2.71. The third-order valence-corrected chi connectivity index (χ3v) is 9.13. The van der Waals surface area contributed by atoms with E-state index in [0.717, 1.165) is 19.3 Å². The molecule has 6 rings (SSSR count). The number of aliphatic hydroxyl groups excluding tert-OH is 2. The van der Waals surface area contributed by atoms with Gasteiger partial charge in [-0.1, -0.05) is 20.4 Å². The molecular formula is C20H28O5. The third-order valence-electron chi connectivity index (χ3n) is 9.13. The first-order valence-electron chi connectivity index (χ1n) is 9.59. The average Bonchev–Trinajstić information content (AvgIpc) is 2.68. The maximum Gasteiger partial charge on any atom is 0.170 e. The molecule has 25 heavy (non-hydrogen) atoms. The Labute approximate surface area is 148 Å². The van der Waals surface area contributed by atoms with Crippen molar-refractivity contribution in [1.82, 2.24) is 0 Å². The molecule has 6 aliphatic rings. The number of aliphatic hydroxyl groups is 3. The Hall–Kier alpha value is -0.750. The lowest BCUT2D eigenvalue weighted by molar-refractivity contribution is -0.400. The quantitative estimate of drug-likeness (QED) is 0.576. The van der Waals surface area contributed by atoms with Crippen molar-refractivity contribution in [2.45, 2.75) is 63.9 Å². The van der Waals surface area contributed by atoms with Gasteiger partial charge in [-0.2, -0.15) is 0 Å². The van der Waals surface area contributed by atoms with Crippen LogP contribution in [0.5, 0.6) is 0 Å².